The van der Waals surface area contributed by atoms with Crippen molar-refractivity contribution in [3.05, 3.63) is 52.7 Å². The number of benzene rings is 1. The Morgan fingerprint density at radius 1 is 1.39 bits per heavy atom. The lowest BCUT2D eigenvalue weighted by Gasteiger charge is -2.18. The van der Waals surface area contributed by atoms with Crippen LogP contribution in [-0.2, 0) is 6.54 Å². The summed E-state index contributed by atoms with van der Waals surface area (Å²) in [6.45, 7) is 0.619. The largest absolute Gasteiger partial charge is 0.353 e. The predicted octanol–water partition coefficient (Wildman–Crippen LogP) is 2.64. The molecule has 5 heteroatoms. The first-order valence-electron chi connectivity index (χ1n) is 5.38. The summed E-state index contributed by atoms with van der Waals surface area (Å²) in [4.78, 5) is 1.87. The van der Waals surface area contributed by atoms with Crippen LogP contribution in [0.5, 0.6) is 0 Å². The van der Waals surface area contributed by atoms with E-state index in [0.29, 0.717) is 22.9 Å². The number of nitriles is 1. The van der Waals surface area contributed by atoms with Crippen LogP contribution in [0, 0.1) is 11.3 Å². The molecule has 0 aliphatic heterocycles. The van der Waals surface area contributed by atoms with Gasteiger partial charge in [-0.25, -0.2) is 0 Å². The summed E-state index contributed by atoms with van der Waals surface area (Å²) in [6.07, 6.45) is 1.51. The van der Waals surface area contributed by atoms with Crippen molar-refractivity contribution in [1.82, 2.24) is 10.2 Å². The molecule has 90 valence electrons. The van der Waals surface area contributed by atoms with Crippen molar-refractivity contribution >= 4 is 17.4 Å². The van der Waals surface area contributed by atoms with E-state index in [1.54, 1.807) is 6.07 Å². The van der Waals surface area contributed by atoms with Gasteiger partial charge < -0.3 is 4.90 Å². The molecule has 2 aromatic rings. The zero-order valence-electron chi connectivity index (χ0n) is 9.84. The number of halogens is 1. The molecule has 0 fully saturated rings. The van der Waals surface area contributed by atoms with E-state index in [0.717, 1.165) is 5.56 Å². The average Bonchev–Trinajstić information content (AvgIpc) is 2.38. The molecule has 18 heavy (non-hydrogen) atoms. The van der Waals surface area contributed by atoms with Crippen LogP contribution < -0.4 is 4.90 Å². The molecular formula is C13H11ClN4. The Morgan fingerprint density at radius 3 is 2.94 bits per heavy atom. The van der Waals surface area contributed by atoms with Crippen LogP contribution in [0.4, 0.5) is 5.82 Å². The molecular weight excluding hydrogens is 248 g/mol. The Morgan fingerprint density at radius 2 is 2.22 bits per heavy atom. The zero-order valence-corrected chi connectivity index (χ0v) is 10.6. The molecule has 0 N–H and O–H groups in total. The van der Waals surface area contributed by atoms with Crippen molar-refractivity contribution in [2.45, 2.75) is 6.54 Å². The van der Waals surface area contributed by atoms with Crippen molar-refractivity contribution in [3.63, 3.8) is 0 Å². The lowest BCUT2D eigenvalue weighted by molar-refractivity contribution is 0.863. The van der Waals surface area contributed by atoms with Gasteiger partial charge in [0.05, 0.1) is 11.8 Å². The van der Waals surface area contributed by atoms with Gasteiger partial charge in [0.2, 0.25) is 0 Å². The standard InChI is InChI=1S/C13H11ClN4/c1-18(9-10-3-2-4-12(14)7-10)13-11(8-15)5-6-16-17-13/h2-7H,9H2,1H3. The van der Waals surface area contributed by atoms with Crippen molar-refractivity contribution in [2.24, 2.45) is 0 Å². The third-order valence-electron chi connectivity index (χ3n) is 2.49. The van der Waals surface area contributed by atoms with Gasteiger partial charge in [0.15, 0.2) is 5.82 Å². The summed E-state index contributed by atoms with van der Waals surface area (Å²) >= 11 is 5.93. The molecule has 0 unspecified atom stereocenters. The second-order valence-electron chi connectivity index (χ2n) is 3.87. The van der Waals surface area contributed by atoms with Crippen LogP contribution in [0.1, 0.15) is 11.1 Å². The van der Waals surface area contributed by atoms with Gasteiger partial charge in [-0.2, -0.15) is 10.4 Å². The minimum absolute atomic E-state index is 0.509. The SMILES string of the molecule is CN(Cc1cccc(Cl)c1)c1nnccc1C#N. The molecule has 4 nitrogen and oxygen atoms in total. The van der Waals surface area contributed by atoms with E-state index < -0.39 is 0 Å². The second-order valence-corrected chi connectivity index (χ2v) is 4.30. The maximum atomic E-state index is 9.01. The van der Waals surface area contributed by atoms with Crippen LogP contribution in [0.25, 0.3) is 0 Å². The summed E-state index contributed by atoms with van der Waals surface area (Å²) in [7, 11) is 1.87. The van der Waals surface area contributed by atoms with E-state index in [9.17, 15) is 0 Å². The fourth-order valence-corrected chi connectivity index (χ4v) is 1.89. The summed E-state index contributed by atoms with van der Waals surface area (Å²) in [5.74, 6) is 0.569. The first kappa shape index (κ1) is 12.3. The van der Waals surface area contributed by atoms with Gasteiger partial charge in [-0.15, -0.1) is 5.10 Å². The molecule has 1 heterocycles. The predicted molar refractivity (Wildman–Crippen MR) is 70.3 cm³/mol. The lowest BCUT2D eigenvalue weighted by atomic mass is 10.2. The Bertz CT molecular complexity index is 592. The number of rotatable bonds is 3. The fourth-order valence-electron chi connectivity index (χ4n) is 1.68. The summed E-state index contributed by atoms with van der Waals surface area (Å²) in [5.41, 5.74) is 1.56. The van der Waals surface area contributed by atoms with Gasteiger partial charge >= 0.3 is 0 Å². The monoisotopic (exact) mass is 258 g/mol. The smallest absolute Gasteiger partial charge is 0.169 e. The Balaban J connectivity index is 2.22. The first-order chi connectivity index (χ1) is 8.70. The van der Waals surface area contributed by atoms with E-state index in [-0.39, 0.29) is 0 Å². The van der Waals surface area contributed by atoms with Crippen LogP contribution in [-0.4, -0.2) is 17.2 Å². The van der Waals surface area contributed by atoms with Crippen molar-refractivity contribution < 1.29 is 0 Å². The van der Waals surface area contributed by atoms with Gasteiger partial charge in [-0.3, -0.25) is 0 Å². The molecule has 0 radical (unpaired) electrons. The highest BCUT2D eigenvalue weighted by molar-refractivity contribution is 6.30. The van der Waals surface area contributed by atoms with Crippen LogP contribution >= 0.6 is 11.6 Å². The fraction of sp³-hybridized carbons (Fsp3) is 0.154. The maximum absolute atomic E-state index is 9.01. The van der Waals surface area contributed by atoms with Gasteiger partial charge in [-0.05, 0) is 23.8 Å². The van der Waals surface area contributed by atoms with E-state index in [2.05, 4.69) is 16.3 Å². The topological polar surface area (TPSA) is 52.8 Å². The van der Waals surface area contributed by atoms with Gasteiger partial charge in [0.1, 0.15) is 6.07 Å². The highest BCUT2D eigenvalue weighted by Crippen LogP contribution is 2.18. The van der Waals surface area contributed by atoms with Crippen molar-refractivity contribution in [1.29, 1.82) is 5.26 Å². The average molecular weight is 259 g/mol. The summed E-state index contributed by atoms with van der Waals surface area (Å²) in [6, 6.07) is 11.3. The molecule has 0 saturated heterocycles. The zero-order chi connectivity index (χ0) is 13.0. The summed E-state index contributed by atoms with van der Waals surface area (Å²) < 4.78 is 0. The molecule has 0 spiro atoms. The number of hydrogen-bond donors (Lipinski definition) is 0. The molecule has 2 rings (SSSR count). The van der Waals surface area contributed by atoms with E-state index in [1.165, 1.54) is 6.20 Å². The second kappa shape index (κ2) is 5.48. The number of aromatic nitrogens is 2. The third kappa shape index (κ3) is 2.76. The molecule has 0 atom stereocenters. The maximum Gasteiger partial charge on any atom is 0.169 e. The van der Waals surface area contributed by atoms with E-state index >= 15 is 0 Å². The minimum Gasteiger partial charge on any atom is -0.353 e. The molecule has 1 aromatic heterocycles. The molecule has 1 aromatic carbocycles. The van der Waals surface area contributed by atoms with Crippen LogP contribution in [0.3, 0.4) is 0 Å². The normalized spacial score (nSPS) is 9.83. The Kier molecular flexibility index (Phi) is 3.75. The van der Waals surface area contributed by atoms with E-state index in [1.807, 2.05) is 36.2 Å². The van der Waals surface area contributed by atoms with E-state index in [4.69, 9.17) is 16.9 Å². The number of nitrogens with zero attached hydrogens (tertiary/aromatic N) is 4. The number of anilines is 1. The molecule has 0 bridgehead atoms. The highest BCUT2D eigenvalue weighted by atomic mass is 35.5. The quantitative estimate of drug-likeness (QED) is 0.849. The molecule has 0 amide bonds. The van der Waals surface area contributed by atoms with Crippen molar-refractivity contribution in [3.8, 4) is 6.07 Å². The van der Waals surface area contributed by atoms with Crippen molar-refractivity contribution in [2.75, 3.05) is 11.9 Å². The first-order valence-corrected chi connectivity index (χ1v) is 5.76. The van der Waals surface area contributed by atoms with Crippen LogP contribution in [0.15, 0.2) is 36.5 Å². The summed E-state index contributed by atoms with van der Waals surface area (Å²) in [5, 5.41) is 17.5. The Hall–Kier alpha value is -2.12. The van der Waals surface area contributed by atoms with Crippen LogP contribution in [0.2, 0.25) is 5.02 Å². The Labute approximate surface area is 110 Å². The molecule has 0 saturated carbocycles. The molecule has 0 aliphatic rings. The highest BCUT2D eigenvalue weighted by Gasteiger charge is 2.09. The third-order valence-corrected chi connectivity index (χ3v) is 2.73. The van der Waals surface area contributed by atoms with Gasteiger partial charge in [0, 0.05) is 18.6 Å². The van der Waals surface area contributed by atoms with Gasteiger partial charge in [0.25, 0.3) is 0 Å². The number of hydrogen-bond acceptors (Lipinski definition) is 4. The van der Waals surface area contributed by atoms with Gasteiger partial charge in [-0.1, -0.05) is 23.7 Å². The minimum atomic E-state index is 0.509. The molecule has 0 aliphatic carbocycles. The lowest BCUT2D eigenvalue weighted by Crippen LogP contribution is -2.19.